The quantitative estimate of drug-likeness (QED) is 0.741. The van der Waals surface area contributed by atoms with Crippen LogP contribution in [0.5, 0.6) is 0 Å². The maximum atomic E-state index is 11.0. The SMILES string of the molecule is NC(=O)c1cncc(NCCCOC2CCCCC2)n1. The Morgan fingerprint density at radius 3 is 2.90 bits per heavy atom. The lowest BCUT2D eigenvalue weighted by Crippen LogP contribution is -2.18. The molecule has 3 N–H and O–H groups in total. The van der Waals surface area contributed by atoms with Crippen LogP contribution in [0, 0.1) is 0 Å². The number of nitrogens with zero attached hydrogens (tertiary/aromatic N) is 2. The number of hydrogen-bond acceptors (Lipinski definition) is 5. The molecule has 0 spiro atoms. The van der Waals surface area contributed by atoms with E-state index in [1.54, 1.807) is 6.20 Å². The number of anilines is 1. The van der Waals surface area contributed by atoms with Gasteiger partial charge in [0, 0.05) is 13.2 Å². The van der Waals surface area contributed by atoms with Gasteiger partial charge >= 0.3 is 0 Å². The van der Waals surface area contributed by atoms with Crippen molar-refractivity contribution in [2.45, 2.75) is 44.6 Å². The van der Waals surface area contributed by atoms with Gasteiger partial charge in [-0.25, -0.2) is 4.98 Å². The van der Waals surface area contributed by atoms with E-state index >= 15 is 0 Å². The largest absolute Gasteiger partial charge is 0.378 e. The number of carbonyl (C=O) groups is 1. The van der Waals surface area contributed by atoms with Crippen LogP contribution in [-0.2, 0) is 4.74 Å². The summed E-state index contributed by atoms with van der Waals surface area (Å²) in [6.45, 7) is 1.49. The number of hydrogen-bond donors (Lipinski definition) is 2. The van der Waals surface area contributed by atoms with Crippen LogP contribution in [0.25, 0.3) is 0 Å². The van der Waals surface area contributed by atoms with Crippen LogP contribution in [0.4, 0.5) is 5.82 Å². The third kappa shape index (κ3) is 4.77. The summed E-state index contributed by atoms with van der Waals surface area (Å²) in [7, 11) is 0. The van der Waals surface area contributed by atoms with E-state index in [2.05, 4.69) is 15.3 Å². The second-order valence-electron chi connectivity index (χ2n) is 5.06. The Morgan fingerprint density at radius 1 is 1.35 bits per heavy atom. The van der Waals surface area contributed by atoms with E-state index in [9.17, 15) is 4.79 Å². The minimum atomic E-state index is -0.568. The molecule has 0 saturated heterocycles. The molecular formula is C14H22N4O2. The standard InChI is InChI=1S/C14H22N4O2/c15-14(19)12-9-16-10-13(18-12)17-7-4-8-20-11-5-2-1-3-6-11/h9-11H,1-8H2,(H2,15,19)(H,17,18). The molecule has 20 heavy (non-hydrogen) atoms. The zero-order chi connectivity index (χ0) is 14.2. The second-order valence-corrected chi connectivity index (χ2v) is 5.06. The maximum absolute atomic E-state index is 11.0. The summed E-state index contributed by atoms with van der Waals surface area (Å²) < 4.78 is 5.83. The summed E-state index contributed by atoms with van der Waals surface area (Å²) in [4.78, 5) is 19.0. The van der Waals surface area contributed by atoms with Crippen LogP contribution in [0.2, 0.25) is 0 Å². The Hall–Kier alpha value is -1.69. The molecule has 1 saturated carbocycles. The smallest absolute Gasteiger partial charge is 0.268 e. The van der Waals surface area contributed by atoms with Crippen molar-refractivity contribution in [3.8, 4) is 0 Å². The van der Waals surface area contributed by atoms with Crippen molar-refractivity contribution in [2.24, 2.45) is 5.73 Å². The van der Waals surface area contributed by atoms with Gasteiger partial charge in [-0.1, -0.05) is 19.3 Å². The van der Waals surface area contributed by atoms with E-state index in [1.165, 1.54) is 38.3 Å². The summed E-state index contributed by atoms with van der Waals surface area (Å²) in [6, 6.07) is 0. The first-order valence-corrected chi connectivity index (χ1v) is 7.23. The van der Waals surface area contributed by atoms with E-state index in [0.29, 0.717) is 11.9 Å². The minimum Gasteiger partial charge on any atom is -0.378 e. The lowest BCUT2D eigenvalue weighted by atomic mass is 9.98. The monoisotopic (exact) mass is 278 g/mol. The third-order valence-electron chi connectivity index (χ3n) is 3.42. The van der Waals surface area contributed by atoms with E-state index < -0.39 is 5.91 Å². The second kappa shape index (κ2) is 7.79. The fraction of sp³-hybridized carbons (Fsp3) is 0.643. The highest BCUT2D eigenvalue weighted by Crippen LogP contribution is 2.20. The van der Waals surface area contributed by atoms with Crippen molar-refractivity contribution in [2.75, 3.05) is 18.5 Å². The van der Waals surface area contributed by atoms with Gasteiger partial charge in [-0.05, 0) is 19.3 Å². The van der Waals surface area contributed by atoms with Crippen molar-refractivity contribution in [1.82, 2.24) is 9.97 Å². The molecule has 0 aliphatic heterocycles. The van der Waals surface area contributed by atoms with Crippen LogP contribution in [0.15, 0.2) is 12.4 Å². The highest BCUT2D eigenvalue weighted by atomic mass is 16.5. The van der Waals surface area contributed by atoms with Gasteiger partial charge in [0.1, 0.15) is 11.5 Å². The molecule has 1 aliphatic carbocycles. The fourth-order valence-electron chi connectivity index (χ4n) is 2.34. The molecule has 110 valence electrons. The summed E-state index contributed by atoms with van der Waals surface area (Å²) in [6.07, 6.45) is 10.6. The van der Waals surface area contributed by atoms with Crippen LogP contribution in [0.3, 0.4) is 0 Å². The predicted molar refractivity (Wildman–Crippen MR) is 76.5 cm³/mol. The van der Waals surface area contributed by atoms with E-state index in [-0.39, 0.29) is 5.69 Å². The van der Waals surface area contributed by atoms with Crippen LogP contribution < -0.4 is 11.1 Å². The molecule has 0 atom stereocenters. The number of nitrogens with two attached hydrogens (primary N) is 1. The molecule has 1 aromatic rings. The molecular weight excluding hydrogens is 256 g/mol. The van der Waals surface area contributed by atoms with E-state index in [4.69, 9.17) is 10.5 Å². The summed E-state index contributed by atoms with van der Waals surface area (Å²) in [5.41, 5.74) is 5.33. The molecule has 1 fully saturated rings. The number of aromatic nitrogens is 2. The number of amides is 1. The van der Waals surface area contributed by atoms with Gasteiger partial charge in [-0.15, -0.1) is 0 Å². The topological polar surface area (TPSA) is 90.1 Å². The highest BCUT2D eigenvalue weighted by Gasteiger charge is 2.12. The van der Waals surface area contributed by atoms with Gasteiger partial charge < -0.3 is 15.8 Å². The lowest BCUT2D eigenvalue weighted by molar-refractivity contribution is 0.0284. The van der Waals surface area contributed by atoms with Crippen molar-refractivity contribution >= 4 is 11.7 Å². The number of nitrogens with one attached hydrogen (secondary N) is 1. The van der Waals surface area contributed by atoms with Gasteiger partial charge in [0.25, 0.3) is 5.91 Å². The average Bonchev–Trinajstić information content (AvgIpc) is 2.48. The van der Waals surface area contributed by atoms with E-state index in [0.717, 1.165) is 19.6 Å². The molecule has 1 aliphatic rings. The summed E-state index contributed by atoms with van der Waals surface area (Å²) in [5, 5.41) is 3.12. The number of rotatable bonds is 7. The predicted octanol–water partition coefficient (Wildman–Crippen LogP) is 1.73. The molecule has 6 nitrogen and oxygen atoms in total. The molecule has 1 heterocycles. The number of carbonyl (C=O) groups excluding carboxylic acids is 1. The van der Waals surface area contributed by atoms with Gasteiger partial charge in [0.05, 0.1) is 18.5 Å². The molecule has 0 unspecified atom stereocenters. The van der Waals surface area contributed by atoms with E-state index in [1.807, 2.05) is 0 Å². The van der Waals surface area contributed by atoms with Gasteiger partial charge in [-0.3, -0.25) is 9.78 Å². The molecule has 0 radical (unpaired) electrons. The van der Waals surface area contributed by atoms with Crippen molar-refractivity contribution in [3.63, 3.8) is 0 Å². The lowest BCUT2D eigenvalue weighted by Gasteiger charge is -2.21. The molecule has 6 heteroatoms. The number of ether oxygens (including phenoxy) is 1. The molecule has 0 aromatic carbocycles. The first-order valence-electron chi connectivity index (χ1n) is 7.23. The number of primary amides is 1. The Balaban J connectivity index is 1.63. The molecule has 0 bridgehead atoms. The Bertz CT molecular complexity index is 433. The van der Waals surface area contributed by atoms with Crippen LogP contribution >= 0.6 is 0 Å². The average molecular weight is 278 g/mol. The summed E-state index contributed by atoms with van der Waals surface area (Å²) >= 11 is 0. The fourth-order valence-corrected chi connectivity index (χ4v) is 2.34. The van der Waals surface area contributed by atoms with Gasteiger partial charge in [-0.2, -0.15) is 0 Å². The van der Waals surface area contributed by atoms with Gasteiger partial charge in [0.2, 0.25) is 0 Å². The normalized spacial score (nSPS) is 16.0. The van der Waals surface area contributed by atoms with Crippen LogP contribution in [0.1, 0.15) is 49.0 Å². The minimum absolute atomic E-state index is 0.174. The van der Waals surface area contributed by atoms with Gasteiger partial charge in [0.15, 0.2) is 0 Å². The Kier molecular flexibility index (Phi) is 5.73. The zero-order valence-electron chi connectivity index (χ0n) is 11.7. The Morgan fingerprint density at radius 2 is 2.15 bits per heavy atom. The maximum Gasteiger partial charge on any atom is 0.268 e. The van der Waals surface area contributed by atoms with Crippen molar-refractivity contribution in [1.29, 1.82) is 0 Å². The third-order valence-corrected chi connectivity index (χ3v) is 3.42. The Labute approximate surface area is 119 Å². The first-order chi connectivity index (χ1) is 9.75. The van der Waals surface area contributed by atoms with Crippen molar-refractivity contribution in [3.05, 3.63) is 18.1 Å². The molecule has 2 rings (SSSR count). The highest BCUT2D eigenvalue weighted by molar-refractivity contribution is 5.90. The molecule has 1 aromatic heterocycles. The first kappa shape index (κ1) is 14.7. The van der Waals surface area contributed by atoms with Crippen LogP contribution in [-0.4, -0.2) is 35.1 Å². The zero-order valence-corrected chi connectivity index (χ0v) is 11.7. The summed E-state index contributed by atoms with van der Waals surface area (Å²) in [5.74, 6) is 0.000693. The van der Waals surface area contributed by atoms with Crippen molar-refractivity contribution < 1.29 is 9.53 Å². The molecule has 1 amide bonds.